The van der Waals surface area contributed by atoms with Gasteiger partial charge in [0, 0.05) is 16.7 Å². The Morgan fingerprint density at radius 3 is 2.00 bits per heavy atom. The lowest BCUT2D eigenvalue weighted by Crippen LogP contribution is -2.03. The van der Waals surface area contributed by atoms with Gasteiger partial charge in [-0.25, -0.2) is 0 Å². The Kier molecular flexibility index (Phi) is 3.52. The van der Waals surface area contributed by atoms with Crippen LogP contribution in [0.3, 0.4) is 0 Å². The van der Waals surface area contributed by atoms with Crippen LogP contribution in [0.15, 0.2) is 78.9 Å². The number of hydrogen-bond acceptors (Lipinski definition) is 2. The van der Waals surface area contributed by atoms with E-state index < -0.39 is 0 Å². The minimum atomic E-state index is -0.0923. The Labute approximate surface area is 123 Å². The van der Waals surface area contributed by atoms with Crippen LogP contribution >= 0.6 is 0 Å². The molecule has 0 aliphatic carbocycles. The molecule has 0 spiro atoms. The molecule has 0 radical (unpaired) electrons. The predicted molar refractivity (Wildman–Crippen MR) is 83.4 cm³/mol. The van der Waals surface area contributed by atoms with Gasteiger partial charge in [-0.2, -0.15) is 0 Å². The number of phenols is 1. The summed E-state index contributed by atoms with van der Waals surface area (Å²) >= 11 is 0. The van der Waals surface area contributed by atoms with Crippen LogP contribution in [0.1, 0.15) is 15.9 Å². The zero-order valence-corrected chi connectivity index (χ0v) is 11.4. The number of benzene rings is 3. The highest BCUT2D eigenvalue weighted by atomic mass is 16.3. The summed E-state index contributed by atoms with van der Waals surface area (Å²) in [6, 6.07) is 23.6. The molecule has 0 aliphatic heterocycles. The van der Waals surface area contributed by atoms with Crippen molar-refractivity contribution < 1.29 is 9.90 Å². The van der Waals surface area contributed by atoms with Crippen LogP contribution in [0.5, 0.6) is 5.75 Å². The maximum Gasteiger partial charge on any atom is 0.193 e. The van der Waals surface area contributed by atoms with E-state index in [1.54, 1.807) is 30.3 Å². The fraction of sp³-hybridized carbons (Fsp3) is 0. The van der Waals surface area contributed by atoms with Gasteiger partial charge in [0.2, 0.25) is 0 Å². The largest absolute Gasteiger partial charge is 0.507 e. The van der Waals surface area contributed by atoms with Gasteiger partial charge < -0.3 is 5.11 Å². The first-order valence-corrected chi connectivity index (χ1v) is 6.74. The smallest absolute Gasteiger partial charge is 0.193 e. The van der Waals surface area contributed by atoms with Gasteiger partial charge in [-0.1, -0.05) is 72.8 Å². The second-order valence-electron chi connectivity index (χ2n) is 4.76. The summed E-state index contributed by atoms with van der Waals surface area (Å²) in [6.07, 6.45) is 0. The van der Waals surface area contributed by atoms with E-state index in [4.69, 9.17) is 0 Å². The van der Waals surface area contributed by atoms with Crippen molar-refractivity contribution in [2.24, 2.45) is 0 Å². The Morgan fingerprint density at radius 2 is 1.33 bits per heavy atom. The molecule has 1 N–H and O–H groups in total. The molecule has 2 heteroatoms. The van der Waals surface area contributed by atoms with Crippen molar-refractivity contribution in [1.82, 2.24) is 0 Å². The van der Waals surface area contributed by atoms with E-state index in [2.05, 4.69) is 0 Å². The SMILES string of the molecule is O=C(c1ccccc1)c1cccc(O)c1-c1ccccc1. The highest BCUT2D eigenvalue weighted by molar-refractivity contribution is 6.13. The number of aromatic hydroxyl groups is 1. The number of carbonyl (C=O) groups excluding carboxylic acids is 1. The summed E-state index contributed by atoms with van der Waals surface area (Å²) in [5, 5.41) is 10.2. The van der Waals surface area contributed by atoms with E-state index in [1.165, 1.54) is 0 Å². The number of rotatable bonds is 3. The maximum absolute atomic E-state index is 12.7. The molecule has 3 aromatic carbocycles. The van der Waals surface area contributed by atoms with Crippen molar-refractivity contribution in [3.8, 4) is 16.9 Å². The fourth-order valence-corrected chi connectivity index (χ4v) is 2.38. The summed E-state index contributed by atoms with van der Waals surface area (Å²) in [4.78, 5) is 12.7. The Balaban J connectivity index is 2.16. The molecule has 0 saturated carbocycles. The molecular weight excluding hydrogens is 260 g/mol. The van der Waals surface area contributed by atoms with Crippen LogP contribution in [0, 0.1) is 0 Å². The van der Waals surface area contributed by atoms with E-state index in [1.807, 2.05) is 48.5 Å². The summed E-state index contributed by atoms with van der Waals surface area (Å²) < 4.78 is 0. The number of ketones is 1. The lowest BCUT2D eigenvalue weighted by Gasteiger charge is -2.11. The van der Waals surface area contributed by atoms with Crippen LogP contribution in [0.2, 0.25) is 0 Å². The standard InChI is InChI=1S/C19H14O2/c20-17-13-7-12-16(18(17)14-8-3-1-4-9-14)19(21)15-10-5-2-6-11-15/h1-13,20H. The number of carbonyl (C=O) groups is 1. The molecule has 0 aromatic heterocycles. The molecule has 0 saturated heterocycles. The molecular formula is C19H14O2. The van der Waals surface area contributed by atoms with Crippen LogP contribution in [-0.4, -0.2) is 10.9 Å². The maximum atomic E-state index is 12.7. The Hall–Kier alpha value is -2.87. The average Bonchev–Trinajstić information content (AvgIpc) is 2.55. The van der Waals surface area contributed by atoms with Crippen molar-refractivity contribution >= 4 is 5.78 Å². The first-order chi connectivity index (χ1) is 10.3. The monoisotopic (exact) mass is 274 g/mol. The highest BCUT2D eigenvalue weighted by Gasteiger charge is 2.17. The first kappa shape index (κ1) is 13.1. The van der Waals surface area contributed by atoms with Crippen LogP contribution in [-0.2, 0) is 0 Å². The summed E-state index contributed by atoms with van der Waals surface area (Å²) in [5.74, 6) is 0.0216. The molecule has 0 amide bonds. The second kappa shape index (κ2) is 5.63. The molecule has 3 rings (SSSR count). The summed E-state index contributed by atoms with van der Waals surface area (Å²) in [7, 11) is 0. The van der Waals surface area contributed by atoms with Crippen molar-refractivity contribution in [2.45, 2.75) is 0 Å². The van der Waals surface area contributed by atoms with E-state index in [0.29, 0.717) is 16.7 Å². The third-order valence-electron chi connectivity index (χ3n) is 3.39. The van der Waals surface area contributed by atoms with Gasteiger partial charge in [0.05, 0.1) is 0 Å². The van der Waals surface area contributed by atoms with Gasteiger partial charge >= 0.3 is 0 Å². The third-order valence-corrected chi connectivity index (χ3v) is 3.39. The number of phenolic OH excluding ortho intramolecular Hbond substituents is 1. The van der Waals surface area contributed by atoms with Crippen molar-refractivity contribution in [1.29, 1.82) is 0 Å². The van der Waals surface area contributed by atoms with Gasteiger partial charge in [-0.05, 0) is 11.6 Å². The van der Waals surface area contributed by atoms with Crippen LogP contribution in [0.25, 0.3) is 11.1 Å². The van der Waals surface area contributed by atoms with Crippen molar-refractivity contribution in [2.75, 3.05) is 0 Å². The zero-order chi connectivity index (χ0) is 14.7. The molecule has 3 aromatic rings. The normalized spacial score (nSPS) is 10.3. The second-order valence-corrected chi connectivity index (χ2v) is 4.76. The van der Waals surface area contributed by atoms with Crippen molar-refractivity contribution in [3.63, 3.8) is 0 Å². The third kappa shape index (κ3) is 2.56. The van der Waals surface area contributed by atoms with E-state index in [-0.39, 0.29) is 11.5 Å². The van der Waals surface area contributed by atoms with Crippen molar-refractivity contribution in [3.05, 3.63) is 90.0 Å². The van der Waals surface area contributed by atoms with Gasteiger partial charge in [0.1, 0.15) is 5.75 Å². The van der Waals surface area contributed by atoms with Crippen LogP contribution in [0.4, 0.5) is 0 Å². The van der Waals surface area contributed by atoms with Gasteiger partial charge in [0.25, 0.3) is 0 Å². The summed E-state index contributed by atoms with van der Waals surface area (Å²) in [5.41, 5.74) is 2.52. The van der Waals surface area contributed by atoms with E-state index in [9.17, 15) is 9.90 Å². The topological polar surface area (TPSA) is 37.3 Å². The van der Waals surface area contributed by atoms with E-state index in [0.717, 1.165) is 5.56 Å². The molecule has 0 aliphatic rings. The van der Waals surface area contributed by atoms with Gasteiger partial charge in [-0.15, -0.1) is 0 Å². The lowest BCUT2D eigenvalue weighted by molar-refractivity contribution is 0.103. The number of hydrogen-bond donors (Lipinski definition) is 1. The first-order valence-electron chi connectivity index (χ1n) is 6.74. The van der Waals surface area contributed by atoms with Crippen LogP contribution < -0.4 is 0 Å². The zero-order valence-electron chi connectivity index (χ0n) is 11.4. The molecule has 0 bridgehead atoms. The molecule has 0 unspecified atom stereocenters. The molecule has 2 nitrogen and oxygen atoms in total. The molecule has 0 fully saturated rings. The lowest BCUT2D eigenvalue weighted by atomic mass is 9.93. The summed E-state index contributed by atoms with van der Waals surface area (Å²) in [6.45, 7) is 0. The molecule has 21 heavy (non-hydrogen) atoms. The quantitative estimate of drug-likeness (QED) is 0.723. The predicted octanol–water partition coefficient (Wildman–Crippen LogP) is 4.29. The Morgan fingerprint density at radius 1 is 0.714 bits per heavy atom. The van der Waals surface area contributed by atoms with Gasteiger partial charge in [0.15, 0.2) is 5.78 Å². The van der Waals surface area contributed by atoms with Gasteiger partial charge in [-0.3, -0.25) is 4.79 Å². The molecule has 102 valence electrons. The molecule has 0 heterocycles. The minimum absolute atomic E-state index is 0.0923. The van der Waals surface area contributed by atoms with E-state index >= 15 is 0 Å². The average molecular weight is 274 g/mol. The highest BCUT2D eigenvalue weighted by Crippen LogP contribution is 2.33. The Bertz CT molecular complexity index is 762. The molecule has 0 atom stereocenters. The minimum Gasteiger partial charge on any atom is -0.507 e. The fourth-order valence-electron chi connectivity index (χ4n) is 2.38.